The summed E-state index contributed by atoms with van der Waals surface area (Å²) in [5.74, 6) is -0.158. The molecule has 1 fully saturated rings. The van der Waals surface area contributed by atoms with Crippen molar-refractivity contribution in [3.05, 3.63) is 63.6 Å². The summed E-state index contributed by atoms with van der Waals surface area (Å²) >= 11 is 12.7. The first-order valence-corrected chi connectivity index (χ1v) is 11.8. The van der Waals surface area contributed by atoms with Gasteiger partial charge in [-0.15, -0.1) is 0 Å². The number of rotatable bonds is 4. The molecule has 0 radical (unpaired) electrons. The molecule has 8 heteroatoms. The van der Waals surface area contributed by atoms with Gasteiger partial charge in [-0.3, -0.25) is 4.79 Å². The molecule has 33 heavy (non-hydrogen) atoms. The molecule has 2 atom stereocenters. The van der Waals surface area contributed by atoms with E-state index in [1.165, 1.54) is 0 Å². The molecule has 6 nitrogen and oxygen atoms in total. The van der Waals surface area contributed by atoms with Gasteiger partial charge in [0.2, 0.25) is 5.91 Å². The van der Waals surface area contributed by atoms with Gasteiger partial charge in [0.15, 0.2) is 0 Å². The molecule has 2 aromatic carbocycles. The van der Waals surface area contributed by atoms with Crippen LogP contribution < -0.4 is 10.2 Å². The molecule has 0 unspecified atom stereocenters. The summed E-state index contributed by atoms with van der Waals surface area (Å²) in [6.07, 6.45) is -0.609. The molecule has 0 spiro atoms. The van der Waals surface area contributed by atoms with Gasteiger partial charge in [-0.05, 0) is 70.0 Å². The average Bonchev–Trinajstić information content (AvgIpc) is 2.72. The van der Waals surface area contributed by atoms with E-state index in [0.717, 1.165) is 16.8 Å². The first-order valence-electron chi connectivity index (χ1n) is 11.0. The van der Waals surface area contributed by atoms with Crippen LogP contribution in [0, 0.1) is 6.92 Å². The summed E-state index contributed by atoms with van der Waals surface area (Å²) in [5.41, 5.74) is 2.41. The molecule has 0 aliphatic carbocycles. The highest BCUT2D eigenvalue weighted by Crippen LogP contribution is 2.36. The summed E-state index contributed by atoms with van der Waals surface area (Å²) in [6, 6.07) is 12.8. The van der Waals surface area contributed by atoms with E-state index >= 15 is 0 Å². The molecule has 0 aromatic heterocycles. The van der Waals surface area contributed by atoms with Crippen LogP contribution >= 0.6 is 23.2 Å². The van der Waals surface area contributed by atoms with Crippen LogP contribution in [0.1, 0.15) is 44.9 Å². The molecule has 1 aliphatic rings. The van der Waals surface area contributed by atoms with Gasteiger partial charge in [-0.25, -0.2) is 4.79 Å². The Balaban J connectivity index is 1.81. The zero-order chi connectivity index (χ0) is 24.3. The van der Waals surface area contributed by atoms with E-state index in [2.05, 4.69) is 10.2 Å². The van der Waals surface area contributed by atoms with Crippen molar-refractivity contribution in [2.45, 2.75) is 52.3 Å². The van der Waals surface area contributed by atoms with E-state index in [4.69, 9.17) is 27.9 Å². The number of piperazine rings is 1. The lowest BCUT2D eigenvalue weighted by Crippen LogP contribution is -2.55. The Morgan fingerprint density at radius 1 is 1.09 bits per heavy atom. The molecule has 1 saturated heterocycles. The van der Waals surface area contributed by atoms with Gasteiger partial charge in [0.1, 0.15) is 11.6 Å². The van der Waals surface area contributed by atoms with Crippen LogP contribution in [0.3, 0.4) is 0 Å². The van der Waals surface area contributed by atoms with Gasteiger partial charge >= 0.3 is 6.09 Å². The quantitative estimate of drug-likeness (QED) is 0.603. The van der Waals surface area contributed by atoms with Gasteiger partial charge in [0, 0.05) is 24.7 Å². The molecule has 1 N–H and O–H groups in total. The van der Waals surface area contributed by atoms with E-state index < -0.39 is 17.7 Å². The molecule has 2 aromatic rings. The third-order valence-corrected chi connectivity index (χ3v) is 6.02. The minimum absolute atomic E-state index is 0.117. The van der Waals surface area contributed by atoms with E-state index in [1.54, 1.807) is 32.6 Å². The van der Waals surface area contributed by atoms with Crippen molar-refractivity contribution in [1.82, 2.24) is 10.2 Å². The number of hydrogen-bond donors (Lipinski definition) is 1. The second-order valence-corrected chi connectivity index (χ2v) is 10.2. The number of aryl methyl sites for hydroxylation is 1. The number of ether oxygens (including phenoxy) is 1. The second kappa shape index (κ2) is 10.2. The van der Waals surface area contributed by atoms with Gasteiger partial charge in [0.05, 0.1) is 16.8 Å². The number of alkyl carbamates (subject to hydrolysis) is 1. The predicted molar refractivity (Wildman–Crippen MR) is 133 cm³/mol. The molecule has 0 bridgehead atoms. The van der Waals surface area contributed by atoms with Crippen molar-refractivity contribution in [3.8, 4) is 0 Å². The average molecular weight is 492 g/mol. The molecule has 178 valence electrons. The normalized spacial score (nSPS) is 17.5. The van der Waals surface area contributed by atoms with Crippen molar-refractivity contribution in [2.24, 2.45) is 0 Å². The molecule has 2 amide bonds. The number of amides is 2. The zero-order valence-electron chi connectivity index (χ0n) is 19.7. The Morgan fingerprint density at radius 2 is 1.76 bits per heavy atom. The minimum atomic E-state index is -0.708. The largest absolute Gasteiger partial charge is 0.444 e. The summed E-state index contributed by atoms with van der Waals surface area (Å²) in [7, 11) is 0. The highest BCUT2D eigenvalue weighted by Gasteiger charge is 2.34. The lowest BCUT2D eigenvalue weighted by Gasteiger charge is -2.44. The van der Waals surface area contributed by atoms with Crippen LogP contribution in [0.5, 0.6) is 0 Å². The smallest absolute Gasteiger partial charge is 0.408 e. The van der Waals surface area contributed by atoms with E-state index in [9.17, 15) is 9.59 Å². The number of nitrogens with zero attached hydrogens (tertiary/aromatic N) is 2. The van der Waals surface area contributed by atoms with Crippen LogP contribution in [-0.2, 0) is 9.53 Å². The first kappa shape index (κ1) is 25.2. The predicted octanol–water partition coefficient (Wildman–Crippen LogP) is 5.60. The van der Waals surface area contributed by atoms with Crippen molar-refractivity contribution in [2.75, 3.05) is 24.5 Å². The second-order valence-electron chi connectivity index (χ2n) is 9.37. The van der Waals surface area contributed by atoms with Crippen molar-refractivity contribution in [1.29, 1.82) is 0 Å². The van der Waals surface area contributed by atoms with E-state index in [1.807, 2.05) is 49.4 Å². The topological polar surface area (TPSA) is 61.9 Å². The fraction of sp³-hybridized carbons (Fsp3) is 0.440. The molecular weight excluding hydrogens is 461 g/mol. The Hall–Kier alpha value is -2.44. The standard InChI is InChI=1S/C25H31Cl2N3O3/c1-16-6-11-21(20(27)14-16)30-13-12-29(15-22(30)18-7-9-19(26)10-8-18)23(31)17(2)28-24(32)33-25(3,4)5/h6-11,14,17,22H,12-13,15H2,1-5H3,(H,28,32)/t17-,22+/m1/s1. The third kappa shape index (κ3) is 6.55. The van der Waals surface area contributed by atoms with Crippen LogP contribution in [0.25, 0.3) is 0 Å². The van der Waals surface area contributed by atoms with Crippen LogP contribution in [0.4, 0.5) is 10.5 Å². The summed E-state index contributed by atoms with van der Waals surface area (Å²) in [5, 5.41) is 3.97. The summed E-state index contributed by atoms with van der Waals surface area (Å²) in [4.78, 5) is 29.3. The molecule has 1 aliphatic heterocycles. The Morgan fingerprint density at radius 3 is 2.36 bits per heavy atom. The number of hydrogen-bond acceptors (Lipinski definition) is 4. The SMILES string of the molecule is Cc1ccc(N2CCN(C(=O)[C@@H](C)NC(=O)OC(C)(C)C)C[C@H]2c2ccc(Cl)cc2)c(Cl)c1. The zero-order valence-corrected chi connectivity index (χ0v) is 21.2. The minimum Gasteiger partial charge on any atom is -0.444 e. The maximum absolute atomic E-state index is 13.2. The van der Waals surface area contributed by atoms with Gasteiger partial charge < -0.3 is 19.9 Å². The lowest BCUT2D eigenvalue weighted by atomic mass is 10.0. The highest BCUT2D eigenvalue weighted by molar-refractivity contribution is 6.33. The Labute approximate surface area is 205 Å². The lowest BCUT2D eigenvalue weighted by molar-refractivity contribution is -0.133. The number of benzene rings is 2. The number of anilines is 1. The van der Waals surface area contributed by atoms with E-state index in [-0.39, 0.29) is 11.9 Å². The molecular formula is C25H31Cl2N3O3. The van der Waals surface area contributed by atoms with Crippen molar-refractivity contribution < 1.29 is 14.3 Å². The van der Waals surface area contributed by atoms with Gasteiger partial charge in [0.25, 0.3) is 0 Å². The van der Waals surface area contributed by atoms with Crippen molar-refractivity contribution >= 4 is 40.9 Å². The van der Waals surface area contributed by atoms with Crippen molar-refractivity contribution in [3.63, 3.8) is 0 Å². The number of halogens is 2. The Bertz CT molecular complexity index is 1000. The maximum atomic E-state index is 13.2. The third-order valence-electron chi connectivity index (χ3n) is 5.46. The van der Waals surface area contributed by atoms with Gasteiger partial charge in [-0.2, -0.15) is 0 Å². The maximum Gasteiger partial charge on any atom is 0.408 e. The summed E-state index contributed by atoms with van der Waals surface area (Å²) in [6.45, 7) is 10.6. The molecule has 1 heterocycles. The Kier molecular flexibility index (Phi) is 7.80. The number of carbonyl (C=O) groups excluding carboxylic acids is 2. The molecule has 3 rings (SSSR count). The molecule has 0 saturated carbocycles. The fourth-order valence-electron chi connectivity index (χ4n) is 3.91. The van der Waals surface area contributed by atoms with Gasteiger partial charge in [-0.1, -0.05) is 41.4 Å². The first-order chi connectivity index (χ1) is 15.4. The van der Waals surface area contributed by atoms with Crippen LogP contribution in [-0.4, -0.2) is 48.2 Å². The fourth-order valence-corrected chi connectivity index (χ4v) is 4.38. The monoisotopic (exact) mass is 491 g/mol. The number of nitrogens with one attached hydrogen (secondary N) is 1. The van der Waals surface area contributed by atoms with Crippen LogP contribution in [0.15, 0.2) is 42.5 Å². The van der Waals surface area contributed by atoms with Crippen LogP contribution in [0.2, 0.25) is 10.0 Å². The highest BCUT2D eigenvalue weighted by atomic mass is 35.5. The van der Waals surface area contributed by atoms with E-state index in [0.29, 0.717) is 29.7 Å². The number of carbonyl (C=O) groups is 2. The summed E-state index contributed by atoms with van der Waals surface area (Å²) < 4.78 is 5.29.